The number of methoxy groups -OCH3 is 2. The van der Waals surface area contributed by atoms with Gasteiger partial charge in [-0.1, -0.05) is 6.07 Å². The molecule has 0 unspecified atom stereocenters. The Bertz CT molecular complexity index is 1260. The highest BCUT2D eigenvalue weighted by Crippen LogP contribution is 2.31. The standard InChI is InChI=1S/C30H35N3O6/c1-4-38-29(34)9-6-20-39-24-13-11-23(12-14-24)32-16-18-33(19-17-32)30(35)26-8-5-7-25(31-26)22-10-15-27(36-2)28(21-22)37-3/h5,7-8,10-15,21H,4,6,9,16-20H2,1-3H3. The van der Waals surface area contributed by atoms with Crippen molar-refractivity contribution in [3.8, 4) is 28.5 Å². The molecule has 0 N–H and O–H groups in total. The molecule has 1 aliphatic heterocycles. The molecule has 206 valence electrons. The molecule has 9 nitrogen and oxygen atoms in total. The second-order valence-electron chi connectivity index (χ2n) is 9.01. The molecule has 1 aromatic heterocycles. The molecular formula is C30H35N3O6. The van der Waals surface area contributed by atoms with Gasteiger partial charge in [-0.05, 0) is 67.9 Å². The molecule has 1 fully saturated rings. The zero-order valence-corrected chi connectivity index (χ0v) is 22.7. The van der Waals surface area contributed by atoms with E-state index in [0.717, 1.165) is 30.1 Å². The number of carbonyl (C=O) groups excluding carboxylic acids is 2. The Kier molecular flexibility index (Phi) is 9.61. The number of anilines is 1. The largest absolute Gasteiger partial charge is 0.494 e. The van der Waals surface area contributed by atoms with Gasteiger partial charge >= 0.3 is 5.97 Å². The average Bonchev–Trinajstić information content (AvgIpc) is 2.99. The van der Waals surface area contributed by atoms with Crippen molar-refractivity contribution in [2.24, 2.45) is 0 Å². The van der Waals surface area contributed by atoms with Gasteiger partial charge in [0.1, 0.15) is 11.4 Å². The normalized spacial score (nSPS) is 13.1. The summed E-state index contributed by atoms with van der Waals surface area (Å²) in [5.41, 5.74) is 3.04. The minimum absolute atomic E-state index is 0.0801. The summed E-state index contributed by atoms with van der Waals surface area (Å²) in [6.07, 6.45) is 0.966. The lowest BCUT2D eigenvalue weighted by molar-refractivity contribution is -0.143. The van der Waals surface area contributed by atoms with Crippen LogP contribution in [0.2, 0.25) is 0 Å². The lowest BCUT2D eigenvalue weighted by atomic mass is 10.1. The molecule has 2 heterocycles. The van der Waals surface area contributed by atoms with E-state index < -0.39 is 0 Å². The molecule has 0 spiro atoms. The maximum absolute atomic E-state index is 13.3. The van der Waals surface area contributed by atoms with Crippen molar-refractivity contribution < 1.29 is 28.5 Å². The second kappa shape index (κ2) is 13.5. The highest BCUT2D eigenvalue weighted by atomic mass is 16.5. The Labute approximate surface area is 229 Å². The van der Waals surface area contributed by atoms with Gasteiger partial charge in [-0.2, -0.15) is 0 Å². The molecular weight excluding hydrogens is 498 g/mol. The van der Waals surface area contributed by atoms with E-state index in [1.54, 1.807) is 27.2 Å². The smallest absolute Gasteiger partial charge is 0.305 e. The van der Waals surface area contributed by atoms with Crippen LogP contribution in [0.1, 0.15) is 30.3 Å². The van der Waals surface area contributed by atoms with Gasteiger partial charge in [0.05, 0.1) is 33.1 Å². The van der Waals surface area contributed by atoms with Crippen molar-refractivity contribution in [2.75, 3.05) is 58.5 Å². The van der Waals surface area contributed by atoms with Crippen LogP contribution in [0.15, 0.2) is 60.7 Å². The van der Waals surface area contributed by atoms with E-state index in [2.05, 4.69) is 9.88 Å². The van der Waals surface area contributed by atoms with Crippen LogP contribution < -0.4 is 19.1 Å². The molecule has 0 bridgehead atoms. The van der Waals surface area contributed by atoms with Crippen molar-refractivity contribution in [1.29, 1.82) is 0 Å². The van der Waals surface area contributed by atoms with Gasteiger partial charge in [-0.25, -0.2) is 4.98 Å². The van der Waals surface area contributed by atoms with Crippen LogP contribution in [0.4, 0.5) is 5.69 Å². The number of rotatable bonds is 11. The van der Waals surface area contributed by atoms with Crippen molar-refractivity contribution >= 4 is 17.6 Å². The second-order valence-corrected chi connectivity index (χ2v) is 9.01. The van der Waals surface area contributed by atoms with Gasteiger partial charge in [-0.3, -0.25) is 9.59 Å². The SMILES string of the molecule is CCOC(=O)CCCOc1ccc(N2CCN(C(=O)c3cccc(-c4ccc(OC)c(OC)c4)n3)CC2)cc1. The van der Waals surface area contributed by atoms with Gasteiger partial charge in [0.2, 0.25) is 0 Å². The Morgan fingerprint density at radius 3 is 2.33 bits per heavy atom. The summed E-state index contributed by atoms with van der Waals surface area (Å²) in [6.45, 7) is 5.31. The summed E-state index contributed by atoms with van der Waals surface area (Å²) in [7, 11) is 3.19. The van der Waals surface area contributed by atoms with E-state index in [-0.39, 0.29) is 11.9 Å². The number of nitrogens with zero attached hydrogens (tertiary/aromatic N) is 3. The van der Waals surface area contributed by atoms with Crippen LogP contribution in [0.3, 0.4) is 0 Å². The molecule has 0 aliphatic carbocycles. The number of esters is 1. The number of carbonyl (C=O) groups is 2. The molecule has 4 rings (SSSR count). The Morgan fingerprint density at radius 2 is 1.64 bits per heavy atom. The van der Waals surface area contributed by atoms with Gasteiger partial charge in [-0.15, -0.1) is 0 Å². The number of benzene rings is 2. The van der Waals surface area contributed by atoms with Gasteiger partial charge in [0.15, 0.2) is 11.5 Å². The van der Waals surface area contributed by atoms with Crippen LogP contribution in [-0.2, 0) is 9.53 Å². The first-order chi connectivity index (χ1) is 19.0. The Balaban J connectivity index is 1.30. The number of ether oxygens (including phenoxy) is 4. The number of hydrogen-bond donors (Lipinski definition) is 0. The van der Waals surface area contributed by atoms with Crippen LogP contribution in [-0.4, -0.2) is 75.4 Å². The predicted molar refractivity (Wildman–Crippen MR) is 149 cm³/mol. The third kappa shape index (κ3) is 7.19. The van der Waals surface area contributed by atoms with Crippen LogP contribution in [0, 0.1) is 0 Å². The van der Waals surface area contributed by atoms with Crippen LogP contribution in [0.5, 0.6) is 17.2 Å². The Hall–Kier alpha value is -4.27. The third-order valence-corrected chi connectivity index (χ3v) is 6.52. The fourth-order valence-corrected chi connectivity index (χ4v) is 4.43. The first-order valence-corrected chi connectivity index (χ1v) is 13.1. The lowest BCUT2D eigenvalue weighted by Gasteiger charge is -2.36. The summed E-state index contributed by atoms with van der Waals surface area (Å²) in [5.74, 6) is 1.73. The number of piperazine rings is 1. The van der Waals surface area contributed by atoms with Gasteiger partial charge < -0.3 is 28.7 Å². The Morgan fingerprint density at radius 1 is 0.897 bits per heavy atom. The highest BCUT2D eigenvalue weighted by Gasteiger charge is 2.23. The maximum atomic E-state index is 13.3. The number of pyridine rings is 1. The van der Waals surface area contributed by atoms with E-state index in [1.807, 2.05) is 59.5 Å². The first-order valence-electron chi connectivity index (χ1n) is 13.1. The minimum atomic E-state index is -0.199. The van der Waals surface area contributed by atoms with E-state index in [0.29, 0.717) is 62.0 Å². The van der Waals surface area contributed by atoms with E-state index in [1.165, 1.54) is 0 Å². The molecule has 0 atom stereocenters. The molecule has 3 aromatic rings. The minimum Gasteiger partial charge on any atom is -0.494 e. The highest BCUT2D eigenvalue weighted by molar-refractivity contribution is 5.93. The molecule has 9 heteroatoms. The molecule has 39 heavy (non-hydrogen) atoms. The first kappa shape index (κ1) is 27.8. The van der Waals surface area contributed by atoms with Crippen molar-refractivity contribution in [3.05, 3.63) is 66.4 Å². The summed E-state index contributed by atoms with van der Waals surface area (Å²) < 4.78 is 21.4. The molecule has 0 saturated carbocycles. The van der Waals surface area contributed by atoms with Crippen LogP contribution in [0.25, 0.3) is 11.3 Å². The fourth-order valence-electron chi connectivity index (χ4n) is 4.43. The number of hydrogen-bond acceptors (Lipinski definition) is 8. The summed E-state index contributed by atoms with van der Waals surface area (Å²) in [6, 6.07) is 19.0. The predicted octanol–water partition coefficient (Wildman–Crippen LogP) is 4.45. The van der Waals surface area contributed by atoms with Crippen LogP contribution >= 0.6 is 0 Å². The van der Waals surface area contributed by atoms with Gasteiger partial charge in [0.25, 0.3) is 5.91 Å². The average molecular weight is 534 g/mol. The summed E-state index contributed by atoms with van der Waals surface area (Å²) in [5, 5.41) is 0. The topological polar surface area (TPSA) is 90.4 Å². The van der Waals surface area contributed by atoms with E-state index >= 15 is 0 Å². The van der Waals surface area contributed by atoms with Gasteiger partial charge in [0, 0.05) is 43.9 Å². The quantitative estimate of drug-likeness (QED) is 0.264. The van der Waals surface area contributed by atoms with E-state index in [9.17, 15) is 9.59 Å². The molecule has 2 aromatic carbocycles. The number of aromatic nitrogens is 1. The van der Waals surface area contributed by atoms with Crippen molar-refractivity contribution in [3.63, 3.8) is 0 Å². The fraction of sp³-hybridized carbons (Fsp3) is 0.367. The monoisotopic (exact) mass is 533 g/mol. The lowest BCUT2D eigenvalue weighted by Crippen LogP contribution is -2.49. The third-order valence-electron chi connectivity index (χ3n) is 6.52. The molecule has 1 amide bonds. The molecule has 1 aliphatic rings. The van der Waals surface area contributed by atoms with Crippen molar-refractivity contribution in [2.45, 2.75) is 19.8 Å². The summed E-state index contributed by atoms with van der Waals surface area (Å²) in [4.78, 5) is 33.4. The zero-order valence-electron chi connectivity index (χ0n) is 22.7. The summed E-state index contributed by atoms with van der Waals surface area (Å²) >= 11 is 0. The maximum Gasteiger partial charge on any atom is 0.305 e. The number of amides is 1. The van der Waals surface area contributed by atoms with E-state index in [4.69, 9.17) is 18.9 Å². The zero-order chi connectivity index (χ0) is 27.6. The molecule has 0 radical (unpaired) electrons. The molecule has 1 saturated heterocycles. The van der Waals surface area contributed by atoms with Crippen molar-refractivity contribution in [1.82, 2.24) is 9.88 Å².